The second-order valence-corrected chi connectivity index (χ2v) is 7.17. The lowest BCUT2D eigenvalue weighted by Crippen LogP contribution is -2.70. The van der Waals surface area contributed by atoms with E-state index in [9.17, 15) is 19.5 Å². The molecule has 1 saturated heterocycles. The molecular formula is C17H15N3O6S. The molecule has 2 unspecified atom stereocenters. The number of carbonyl (C=O) groups excluding carboxylic acids is 3. The molecule has 0 saturated carbocycles. The number of β-lactam (4-membered cyclic amide) rings is 1. The Labute approximate surface area is 158 Å². The second kappa shape index (κ2) is 6.62. The number of nitrogens with zero attached hydrogens (tertiary/aromatic N) is 2. The molecule has 1 fully saturated rings. The predicted octanol–water partition coefficient (Wildman–Crippen LogP) is -0.0465. The minimum absolute atomic E-state index is 0.0305. The molecule has 0 aliphatic carbocycles. The van der Waals surface area contributed by atoms with E-state index >= 15 is 0 Å². The summed E-state index contributed by atoms with van der Waals surface area (Å²) in [7, 11) is 1.29. The van der Waals surface area contributed by atoms with Gasteiger partial charge in [-0.1, -0.05) is 17.3 Å². The number of nitrogens with one attached hydrogen (secondary N) is 1. The molecule has 1 aromatic rings. The van der Waals surface area contributed by atoms with Crippen molar-refractivity contribution in [3.63, 3.8) is 0 Å². The summed E-state index contributed by atoms with van der Waals surface area (Å²) in [6.07, 6.45) is 0. The molecule has 3 aliphatic rings. The number of benzene rings is 1. The molecule has 2 amide bonds. The van der Waals surface area contributed by atoms with Crippen LogP contribution in [0.4, 0.5) is 0 Å². The first-order chi connectivity index (χ1) is 13.0. The number of phenols is 1. The van der Waals surface area contributed by atoms with Crippen LogP contribution in [-0.4, -0.2) is 64.4 Å². The minimum Gasteiger partial charge on any atom is -0.508 e. The molecule has 4 rings (SSSR count). The molecule has 3 heterocycles. The number of hydrogen-bond acceptors (Lipinski definition) is 8. The summed E-state index contributed by atoms with van der Waals surface area (Å²) < 4.78 is 4.99. The van der Waals surface area contributed by atoms with Crippen molar-refractivity contribution in [3.8, 4) is 5.75 Å². The molecule has 0 bridgehead atoms. The number of hydrogen-bond donors (Lipinski definition) is 2. The van der Waals surface area contributed by atoms with E-state index in [0.717, 1.165) is 5.57 Å². The number of oxime groups is 1. The van der Waals surface area contributed by atoms with Crippen LogP contribution in [0.3, 0.4) is 0 Å². The molecule has 1 aromatic carbocycles. The molecule has 3 aliphatic heterocycles. The van der Waals surface area contributed by atoms with Crippen LogP contribution in [0.1, 0.15) is 5.56 Å². The first-order valence-corrected chi connectivity index (χ1v) is 9.11. The number of esters is 1. The minimum atomic E-state index is -0.788. The van der Waals surface area contributed by atoms with E-state index in [4.69, 9.17) is 9.57 Å². The van der Waals surface area contributed by atoms with Crippen LogP contribution < -0.4 is 5.32 Å². The molecule has 0 spiro atoms. The van der Waals surface area contributed by atoms with Gasteiger partial charge in [-0.05, 0) is 12.1 Å². The van der Waals surface area contributed by atoms with E-state index in [1.807, 2.05) is 0 Å². The standard InChI is InChI=1S/C17H15N3O6S/c1-25-19-11(8-3-2-4-10(21)5-8)14(22)18-12-15(23)20-13-9(6-26-17(13)24)7-27-16(12)20/h2-5,12,16,21H,6-7H2,1H3,(H,18,22)/b19-11+. The molecule has 9 nitrogen and oxygen atoms in total. The third kappa shape index (κ3) is 2.81. The average Bonchev–Trinajstić information content (AvgIpc) is 3.03. The molecule has 0 aromatic heterocycles. The van der Waals surface area contributed by atoms with Gasteiger partial charge in [0.2, 0.25) is 0 Å². The van der Waals surface area contributed by atoms with Crippen LogP contribution in [0.5, 0.6) is 5.75 Å². The Balaban J connectivity index is 1.53. The lowest BCUT2D eigenvalue weighted by molar-refractivity contribution is -0.150. The summed E-state index contributed by atoms with van der Waals surface area (Å²) in [6, 6.07) is 5.20. The van der Waals surface area contributed by atoms with Gasteiger partial charge in [0, 0.05) is 16.9 Å². The monoisotopic (exact) mass is 389 g/mol. The highest BCUT2D eigenvalue weighted by atomic mass is 32.2. The van der Waals surface area contributed by atoms with Crippen LogP contribution in [0, 0.1) is 0 Å². The second-order valence-electron chi connectivity index (χ2n) is 6.06. The Morgan fingerprint density at radius 3 is 3.00 bits per heavy atom. The zero-order valence-electron chi connectivity index (χ0n) is 14.2. The highest BCUT2D eigenvalue weighted by Crippen LogP contribution is 2.42. The summed E-state index contributed by atoms with van der Waals surface area (Å²) in [4.78, 5) is 43.2. The number of cyclic esters (lactones) is 1. The molecule has 0 radical (unpaired) electrons. The van der Waals surface area contributed by atoms with E-state index in [1.54, 1.807) is 12.1 Å². The van der Waals surface area contributed by atoms with Crippen LogP contribution >= 0.6 is 11.8 Å². The average molecular weight is 389 g/mol. The number of amides is 2. The summed E-state index contributed by atoms with van der Waals surface area (Å²) in [5.74, 6) is -0.964. The van der Waals surface area contributed by atoms with Gasteiger partial charge in [-0.25, -0.2) is 4.79 Å². The van der Waals surface area contributed by atoms with Gasteiger partial charge in [-0.15, -0.1) is 11.8 Å². The third-order valence-electron chi connectivity index (χ3n) is 4.42. The van der Waals surface area contributed by atoms with Crippen molar-refractivity contribution in [2.24, 2.45) is 5.16 Å². The smallest absolute Gasteiger partial charge is 0.355 e. The van der Waals surface area contributed by atoms with Crippen molar-refractivity contribution in [2.75, 3.05) is 19.5 Å². The van der Waals surface area contributed by atoms with E-state index in [0.29, 0.717) is 17.0 Å². The zero-order valence-corrected chi connectivity index (χ0v) is 15.0. The van der Waals surface area contributed by atoms with E-state index in [-0.39, 0.29) is 29.3 Å². The van der Waals surface area contributed by atoms with E-state index in [2.05, 4.69) is 10.5 Å². The fourth-order valence-corrected chi connectivity index (χ4v) is 4.51. The summed E-state index contributed by atoms with van der Waals surface area (Å²) in [5, 5.41) is 15.6. The highest BCUT2D eigenvalue weighted by molar-refractivity contribution is 8.00. The number of ether oxygens (including phenoxy) is 1. The maximum absolute atomic E-state index is 12.7. The van der Waals surface area contributed by atoms with Gasteiger partial charge in [-0.3, -0.25) is 14.5 Å². The lowest BCUT2D eigenvalue weighted by Gasteiger charge is -2.48. The Hall–Kier alpha value is -3.01. The highest BCUT2D eigenvalue weighted by Gasteiger charge is 2.55. The van der Waals surface area contributed by atoms with Gasteiger partial charge in [-0.2, -0.15) is 0 Å². The van der Waals surface area contributed by atoms with Gasteiger partial charge in [0.1, 0.15) is 36.6 Å². The quantitative estimate of drug-likeness (QED) is 0.321. The Morgan fingerprint density at radius 2 is 2.26 bits per heavy atom. The molecule has 2 atom stereocenters. The Kier molecular flexibility index (Phi) is 4.27. The van der Waals surface area contributed by atoms with Crippen molar-refractivity contribution >= 4 is 35.3 Å². The maximum atomic E-state index is 12.7. The topological polar surface area (TPSA) is 118 Å². The largest absolute Gasteiger partial charge is 0.508 e. The number of phenolic OH excluding ortho intramolecular Hbond substituents is 1. The van der Waals surface area contributed by atoms with Crippen molar-refractivity contribution in [1.82, 2.24) is 10.2 Å². The van der Waals surface area contributed by atoms with Crippen LogP contribution in [0.25, 0.3) is 0 Å². The molecule has 27 heavy (non-hydrogen) atoms. The van der Waals surface area contributed by atoms with E-state index < -0.39 is 17.9 Å². The van der Waals surface area contributed by atoms with Gasteiger partial charge >= 0.3 is 5.97 Å². The first kappa shape index (κ1) is 17.4. The first-order valence-electron chi connectivity index (χ1n) is 8.06. The molecule has 2 N–H and O–H groups in total. The molecule has 140 valence electrons. The normalized spacial score (nSPS) is 24.0. The number of aromatic hydroxyl groups is 1. The number of rotatable bonds is 4. The van der Waals surface area contributed by atoms with Gasteiger partial charge in [0.05, 0.1) is 0 Å². The van der Waals surface area contributed by atoms with Gasteiger partial charge in [0.15, 0.2) is 5.71 Å². The number of thioether (sulfide) groups is 1. The maximum Gasteiger partial charge on any atom is 0.355 e. The summed E-state index contributed by atoms with van der Waals surface area (Å²) >= 11 is 1.46. The van der Waals surface area contributed by atoms with E-state index in [1.165, 1.54) is 35.9 Å². The zero-order chi connectivity index (χ0) is 19.1. The SMILES string of the molecule is CO/N=C(/C(=O)NC1C(=O)N2C3=C(COC3=O)CSC12)c1cccc(O)c1. The van der Waals surface area contributed by atoms with Crippen LogP contribution in [0.15, 0.2) is 40.7 Å². The number of fused-ring (bicyclic) bond motifs is 2. The van der Waals surface area contributed by atoms with Crippen LogP contribution in [0.2, 0.25) is 0 Å². The Bertz CT molecular complexity index is 912. The summed E-state index contributed by atoms with van der Waals surface area (Å²) in [6.45, 7) is 0.205. The predicted molar refractivity (Wildman–Crippen MR) is 94.7 cm³/mol. The fourth-order valence-electron chi connectivity index (χ4n) is 3.18. The van der Waals surface area contributed by atoms with Gasteiger partial charge in [0.25, 0.3) is 11.8 Å². The van der Waals surface area contributed by atoms with Crippen LogP contribution in [-0.2, 0) is 24.0 Å². The fraction of sp³-hybridized carbons (Fsp3) is 0.294. The van der Waals surface area contributed by atoms with Crippen molar-refractivity contribution in [3.05, 3.63) is 41.1 Å². The Morgan fingerprint density at radius 1 is 1.44 bits per heavy atom. The third-order valence-corrected chi connectivity index (χ3v) is 5.76. The summed E-state index contributed by atoms with van der Waals surface area (Å²) in [5.41, 5.74) is 1.37. The van der Waals surface area contributed by atoms with Crippen molar-refractivity contribution in [1.29, 1.82) is 0 Å². The van der Waals surface area contributed by atoms with Gasteiger partial charge < -0.3 is 20.0 Å². The van der Waals surface area contributed by atoms with Crippen molar-refractivity contribution in [2.45, 2.75) is 11.4 Å². The lowest BCUT2D eigenvalue weighted by atomic mass is 10.0. The molecule has 10 heteroatoms. The van der Waals surface area contributed by atoms with Crippen molar-refractivity contribution < 1.29 is 29.1 Å². The number of carbonyl (C=O) groups is 3. The molecular weight excluding hydrogens is 374 g/mol.